The lowest BCUT2D eigenvalue weighted by molar-refractivity contribution is 0.103. The Morgan fingerprint density at radius 2 is 2.26 bits per heavy atom. The summed E-state index contributed by atoms with van der Waals surface area (Å²) >= 11 is 6.56. The maximum Gasteiger partial charge on any atom is 0.123 e. The number of hydrogen-bond acceptors (Lipinski definition) is 2. The third-order valence-electron chi connectivity index (χ3n) is 4.18. The summed E-state index contributed by atoms with van der Waals surface area (Å²) in [5.41, 5.74) is 2.56. The topological polar surface area (TPSA) is 18.5 Å². The molecule has 0 N–H and O–H groups in total. The molecule has 1 fully saturated rings. The molecular weight excluding hydrogens is 260 g/mol. The van der Waals surface area contributed by atoms with Crippen LogP contribution < -0.4 is 4.74 Å². The van der Waals surface area contributed by atoms with Crippen molar-refractivity contribution in [1.29, 1.82) is 0 Å². The van der Waals surface area contributed by atoms with Gasteiger partial charge in [-0.2, -0.15) is 0 Å². The molecule has 2 aliphatic heterocycles. The second kappa shape index (κ2) is 4.99. The van der Waals surface area contributed by atoms with Crippen molar-refractivity contribution in [3.8, 4) is 5.75 Å². The summed E-state index contributed by atoms with van der Waals surface area (Å²) in [4.78, 5) is 0. The van der Waals surface area contributed by atoms with Crippen LogP contribution in [0.15, 0.2) is 18.2 Å². The fraction of sp³-hybridized carbons (Fsp3) is 0.625. The van der Waals surface area contributed by atoms with Crippen LogP contribution in [0.1, 0.15) is 49.6 Å². The van der Waals surface area contributed by atoms with E-state index in [1.54, 1.807) is 0 Å². The molecule has 2 atom stereocenters. The van der Waals surface area contributed by atoms with E-state index in [0.29, 0.717) is 6.10 Å². The molecule has 0 saturated carbocycles. The monoisotopic (exact) mass is 280 g/mol. The van der Waals surface area contributed by atoms with Crippen molar-refractivity contribution in [2.75, 3.05) is 13.2 Å². The summed E-state index contributed by atoms with van der Waals surface area (Å²) in [5.74, 6) is 1.01. The fourth-order valence-corrected chi connectivity index (χ4v) is 3.26. The second-order valence-electron chi connectivity index (χ2n) is 6.27. The van der Waals surface area contributed by atoms with Crippen molar-refractivity contribution < 1.29 is 9.47 Å². The summed E-state index contributed by atoms with van der Waals surface area (Å²) in [6.07, 6.45) is 3.55. The van der Waals surface area contributed by atoms with Gasteiger partial charge in [0.25, 0.3) is 0 Å². The number of benzene rings is 1. The zero-order chi connectivity index (χ0) is 13.5. The molecule has 2 unspecified atom stereocenters. The van der Waals surface area contributed by atoms with Crippen LogP contribution in [0.3, 0.4) is 0 Å². The van der Waals surface area contributed by atoms with Crippen molar-refractivity contribution in [2.45, 2.75) is 50.0 Å². The zero-order valence-electron chi connectivity index (χ0n) is 11.6. The number of halogens is 1. The van der Waals surface area contributed by atoms with Crippen LogP contribution in [0.2, 0.25) is 0 Å². The van der Waals surface area contributed by atoms with Crippen LogP contribution in [0.5, 0.6) is 5.75 Å². The van der Waals surface area contributed by atoms with Gasteiger partial charge in [0.1, 0.15) is 5.75 Å². The van der Waals surface area contributed by atoms with Gasteiger partial charge in [-0.25, -0.2) is 0 Å². The number of alkyl halides is 1. The fourth-order valence-electron chi connectivity index (χ4n) is 2.93. The summed E-state index contributed by atoms with van der Waals surface area (Å²) in [7, 11) is 0. The molecule has 2 nitrogen and oxygen atoms in total. The molecule has 0 spiro atoms. The highest BCUT2D eigenvalue weighted by molar-refractivity contribution is 6.20. The minimum Gasteiger partial charge on any atom is -0.492 e. The standard InChI is InChI=1S/C16H21ClO2/c1-16(2)10-19-15-6-5-11(8-13(15)16)14(17)9-12-4-3-7-18-12/h5-6,8,12,14H,3-4,7,9-10H2,1-2H3. The summed E-state index contributed by atoms with van der Waals surface area (Å²) < 4.78 is 11.4. The maximum absolute atomic E-state index is 6.56. The molecule has 0 bridgehead atoms. The highest BCUT2D eigenvalue weighted by Crippen LogP contribution is 2.41. The van der Waals surface area contributed by atoms with Crippen molar-refractivity contribution >= 4 is 11.6 Å². The molecule has 1 saturated heterocycles. The highest BCUT2D eigenvalue weighted by atomic mass is 35.5. The first-order valence-electron chi connectivity index (χ1n) is 7.09. The van der Waals surface area contributed by atoms with Gasteiger partial charge >= 0.3 is 0 Å². The molecule has 3 rings (SSSR count). The smallest absolute Gasteiger partial charge is 0.123 e. The van der Waals surface area contributed by atoms with E-state index in [1.807, 2.05) is 0 Å². The Bertz CT molecular complexity index is 464. The Kier molecular flexibility index (Phi) is 3.48. The van der Waals surface area contributed by atoms with Crippen molar-refractivity contribution in [2.24, 2.45) is 0 Å². The molecule has 1 aromatic carbocycles. The van der Waals surface area contributed by atoms with Crippen LogP contribution in [0, 0.1) is 0 Å². The van der Waals surface area contributed by atoms with Gasteiger partial charge in [-0.3, -0.25) is 0 Å². The van der Waals surface area contributed by atoms with E-state index in [-0.39, 0.29) is 10.8 Å². The number of ether oxygens (including phenoxy) is 2. The van der Waals surface area contributed by atoms with Crippen LogP contribution >= 0.6 is 11.6 Å². The Hall–Kier alpha value is -0.730. The first-order chi connectivity index (χ1) is 9.06. The Labute approximate surface area is 120 Å². The van der Waals surface area contributed by atoms with Crippen molar-refractivity contribution in [3.05, 3.63) is 29.3 Å². The average Bonchev–Trinajstić information content (AvgIpc) is 2.98. The van der Waals surface area contributed by atoms with Gasteiger partial charge in [0, 0.05) is 17.6 Å². The minimum absolute atomic E-state index is 0.0322. The number of rotatable bonds is 3. The van der Waals surface area contributed by atoms with Gasteiger partial charge in [-0.05, 0) is 37.0 Å². The maximum atomic E-state index is 6.56. The predicted octanol–water partition coefficient (Wildman–Crippen LogP) is 4.21. The largest absolute Gasteiger partial charge is 0.492 e. The Balaban J connectivity index is 1.78. The van der Waals surface area contributed by atoms with Crippen LogP contribution in [0.25, 0.3) is 0 Å². The molecule has 2 heterocycles. The average molecular weight is 281 g/mol. The lowest BCUT2D eigenvalue weighted by Crippen LogP contribution is -2.18. The summed E-state index contributed by atoms with van der Waals surface area (Å²) in [5, 5.41) is 0.0322. The molecular formula is C16H21ClO2. The van der Waals surface area contributed by atoms with E-state index in [0.717, 1.165) is 31.8 Å². The lowest BCUT2D eigenvalue weighted by Gasteiger charge is -2.18. The predicted molar refractivity (Wildman–Crippen MR) is 77.1 cm³/mol. The molecule has 0 aromatic heterocycles. The molecule has 1 aromatic rings. The van der Waals surface area contributed by atoms with Crippen molar-refractivity contribution in [3.63, 3.8) is 0 Å². The van der Waals surface area contributed by atoms with Gasteiger partial charge in [-0.1, -0.05) is 19.9 Å². The first kappa shape index (κ1) is 13.3. The number of hydrogen-bond donors (Lipinski definition) is 0. The third-order valence-corrected chi connectivity index (χ3v) is 4.61. The van der Waals surface area contributed by atoms with Gasteiger partial charge in [0.2, 0.25) is 0 Å². The first-order valence-corrected chi connectivity index (χ1v) is 7.53. The van der Waals surface area contributed by atoms with E-state index >= 15 is 0 Å². The lowest BCUT2D eigenvalue weighted by atomic mass is 9.85. The van der Waals surface area contributed by atoms with Gasteiger partial charge < -0.3 is 9.47 Å². The van der Waals surface area contributed by atoms with E-state index < -0.39 is 0 Å². The molecule has 0 amide bonds. The summed E-state index contributed by atoms with van der Waals surface area (Å²) in [6.45, 7) is 6.07. The second-order valence-corrected chi connectivity index (χ2v) is 6.79. The SMILES string of the molecule is CC1(C)COc2ccc(C(Cl)CC3CCCO3)cc21. The molecule has 2 aliphatic rings. The van der Waals surface area contributed by atoms with Crippen LogP contribution in [-0.4, -0.2) is 19.3 Å². The van der Waals surface area contributed by atoms with E-state index in [9.17, 15) is 0 Å². The number of fused-ring (bicyclic) bond motifs is 1. The van der Waals surface area contributed by atoms with Gasteiger partial charge in [0.15, 0.2) is 0 Å². The molecule has 3 heteroatoms. The van der Waals surface area contributed by atoms with E-state index in [1.165, 1.54) is 17.5 Å². The Morgan fingerprint density at radius 3 is 3.00 bits per heavy atom. The molecule has 104 valence electrons. The minimum atomic E-state index is 0.0322. The van der Waals surface area contributed by atoms with Crippen molar-refractivity contribution in [1.82, 2.24) is 0 Å². The van der Waals surface area contributed by atoms with Crippen LogP contribution in [0.4, 0.5) is 0 Å². The highest BCUT2D eigenvalue weighted by Gasteiger charge is 2.32. The van der Waals surface area contributed by atoms with E-state index in [2.05, 4.69) is 32.0 Å². The molecule has 0 radical (unpaired) electrons. The summed E-state index contributed by atoms with van der Waals surface area (Å²) in [6, 6.07) is 6.37. The third kappa shape index (κ3) is 2.61. The quantitative estimate of drug-likeness (QED) is 0.773. The normalized spacial score (nSPS) is 25.9. The van der Waals surface area contributed by atoms with E-state index in [4.69, 9.17) is 21.1 Å². The van der Waals surface area contributed by atoms with Gasteiger partial charge in [-0.15, -0.1) is 11.6 Å². The van der Waals surface area contributed by atoms with Gasteiger partial charge in [0.05, 0.1) is 18.1 Å². The van der Waals surface area contributed by atoms with Crippen LogP contribution in [-0.2, 0) is 10.2 Å². The Morgan fingerprint density at radius 1 is 1.42 bits per heavy atom. The molecule has 0 aliphatic carbocycles. The zero-order valence-corrected chi connectivity index (χ0v) is 12.4. The molecule has 19 heavy (non-hydrogen) atoms.